The van der Waals surface area contributed by atoms with Crippen LogP contribution in [0.2, 0.25) is 5.54 Å². The van der Waals surface area contributed by atoms with Crippen LogP contribution >= 0.6 is 0 Å². The monoisotopic (exact) mass is 171 g/mol. The minimum absolute atomic E-state index is 0.787. The van der Waals surface area contributed by atoms with Crippen molar-refractivity contribution in [2.24, 2.45) is 5.92 Å². The molecule has 0 aliphatic heterocycles. The summed E-state index contributed by atoms with van der Waals surface area (Å²) < 4.78 is 0. The second-order valence-electron chi connectivity index (χ2n) is 3.66. The molecular formula is C9H21NSi. The number of nitrogens with zero attached hydrogens (tertiary/aromatic N) is 1. The van der Waals surface area contributed by atoms with E-state index in [1.54, 1.807) is 0 Å². The van der Waals surface area contributed by atoms with Crippen molar-refractivity contribution < 1.29 is 0 Å². The molecule has 0 heterocycles. The summed E-state index contributed by atoms with van der Waals surface area (Å²) in [6.45, 7) is 7.35. The number of hydrogen-bond acceptors (Lipinski definition) is 1. The van der Waals surface area contributed by atoms with E-state index in [9.17, 15) is 0 Å². The van der Waals surface area contributed by atoms with Gasteiger partial charge in [0.2, 0.25) is 0 Å². The zero-order valence-electron chi connectivity index (χ0n) is 8.30. The third-order valence-electron chi connectivity index (χ3n) is 2.30. The molecule has 0 fully saturated rings. The van der Waals surface area contributed by atoms with Crippen LogP contribution in [0, 0.1) is 5.92 Å². The second-order valence-corrected chi connectivity index (χ2v) is 5.00. The minimum Gasteiger partial charge on any atom is -0.309 e. The Morgan fingerprint density at radius 1 is 1.55 bits per heavy atom. The minimum atomic E-state index is 0.787. The van der Waals surface area contributed by atoms with Crippen molar-refractivity contribution in [1.82, 2.24) is 4.90 Å². The molecule has 0 aliphatic rings. The summed E-state index contributed by atoms with van der Waals surface area (Å²) >= 11 is 0. The molecule has 2 atom stereocenters. The average molecular weight is 171 g/mol. The van der Waals surface area contributed by atoms with Gasteiger partial charge < -0.3 is 4.90 Å². The molecule has 0 aromatic heterocycles. The van der Waals surface area contributed by atoms with Crippen molar-refractivity contribution in [3.05, 3.63) is 12.7 Å². The van der Waals surface area contributed by atoms with Crippen LogP contribution in [0.15, 0.2) is 12.7 Å². The topological polar surface area (TPSA) is 3.24 Å². The van der Waals surface area contributed by atoms with E-state index in [1.807, 2.05) is 0 Å². The molecular weight excluding hydrogens is 150 g/mol. The van der Waals surface area contributed by atoms with E-state index in [1.165, 1.54) is 23.2 Å². The molecule has 0 bridgehead atoms. The van der Waals surface area contributed by atoms with Gasteiger partial charge in [0.05, 0.1) is 0 Å². The Bertz CT molecular complexity index is 112. The highest BCUT2D eigenvalue weighted by Gasteiger charge is 2.07. The normalized spacial score (nSPS) is 16.7. The molecule has 0 rings (SSSR count). The van der Waals surface area contributed by atoms with Crippen molar-refractivity contribution in [2.75, 3.05) is 20.6 Å². The number of rotatable bonds is 5. The molecule has 1 nitrogen and oxygen atoms in total. The van der Waals surface area contributed by atoms with Gasteiger partial charge in [-0.15, -0.1) is 6.58 Å². The molecule has 66 valence electrons. The fourth-order valence-electron chi connectivity index (χ4n) is 0.957. The molecule has 0 spiro atoms. The van der Waals surface area contributed by atoms with Gasteiger partial charge in [-0.2, -0.15) is 0 Å². The third kappa shape index (κ3) is 5.22. The average Bonchev–Trinajstić information content (AvgIpc) is 1.98. The summed E-state index contributed by atoms with van der Waals surface area (Å²) in [6.07, 6.45) is 3.40. The van der Waals surface area contributed by atoms with Crippen molar-refractivity contribution in [2.45, 2.75) is 18.9 Å². The summed E-state index contributed by atoms with van der Waals surface area (Å²) in [5.74, 6) is 0.821. The summed E-state index contributed by atoms with van der Waals surface area (Å²) in [7, 11) is 5.50. The van der Waals surface area contributed by atoms with E-state index in [2.05, 4.69) is 38.6 Å². The number of hydrogen-bond donors (Lipinski definition) is 0. The molecule has 0 aromatic rings. The first-order valence-corrected chi connectivity index (χ1v) is 5.50. The van der Waals surface area contributed by atoms with E-state index in [0.29, 0.717) is 0 Å². The number of allylic oxidation sites excluding steroid dienone is 1. The maximum absolute atomic E-state index is 3.83. The molecule has 0 aromatic carbocycles. The van der Waals surface area contributed by atoms with Gasteiger partial charge in [-0.05, 0) is 38.5 Å². The summed E-state index contributed by atoms with van der Waals surface area (Å²) in [5, 5.41) is 0. The first-order valence-electron chi connectivity index (χ1n) is 4.35. The molecule has 0 amide bonds. The summed E-state index contributed by atoms with van der Waals surface area (Å²) in [4.78, 5) is 2.24. The second kappa shape index (κ2) is 5.55. The van der Waals surface area contributed by atoms with E-state index in [4.69, 9.17) is 0 Å². The van der Waals surface area contributed by atoms with Gasteiger partial charge in [0, 0.05) is 10.2 Å². The van der Waals surface area contributed by atoms with Gasteiger partial charge in [0.25, 0.3) is 0 Å². The Kier molecular flexibility index (Phi) is 5.51. The van der Waals surface area contributed by atoms with Crippen LogP contribution in [0.5, 0.6) is 0 Å². The van der Waals surface area contributed by atoms with E-state index in [0.717, 1.165) is 11.5 Å². The quantitative estimate of drug-likeness (QED) is 0.439. The van der Waals surface area contributed by atoms with Gasteiger partial charge in [-0.1, -0.05) is 13.0 Å². The molecule has 2 heteroatoms. The largest absolute Gasteiger partial charge is 0.309 e. The van der Waals surface area contributed by atoms with E-state index in [-0.39, 0.29) is 0 Å². The van der Waals surface area contributed by atoms with Crippen molar-refractivity contribution >= 4 is 10.2 Å². The predicted molar refractivity (Wildman–Crippen MR) is 56.2 cm³/mol. The highest BCUT2D eigenvalue weighted by atomic mass is 28.1. The van der Waals surface area contributed by atoms with Crippen molar-refractivity contribution in [1.29, 1.82) is 0 Å². The smallest absolute Gasteiger partial charge is 0.0118 e. The lowest BCUT2D eigenvalue weighted by Gasteiger charge is -2.18. The van der Waals surface area contributed by atoms with Gasteiger partial charge >= 0.3 is 0 Å². The molecule has 0 radical (unpaired) electrons. The van der Waals surface area contributed by atoms with Crippen LogP contribution in [0.4, 0.5) is 0 Å². The molecule has 0 aliphatic carbocycles. The molecule has 0 N–H and O–H groups in total. The van der Waals surface area contributed by atoms with E-state index >= 15 is 0 Å². The van der Waals surface area contributed by atoms with Crippen LogP contribution < -0.4 is 0 Å². The van der Waals surface area contributed by atoms with Gasteiger partial charge in [0.15, 0.2) is 0 Å². The first kappa shape index (κ1) is 10.9. The van der Waals surface area contributed by atoms with Gasteiger partial charge in [-0.3, -0.25) is 0 Å². The summed E-state index contributed by atoms with van der Waals surface area (Å²) in [6, 6.07) is 0. The SMILES string of the molecule is C=CC([SiH3])C(C)CCN(C)C. The molecule has 11 heavy (non-hydrogen) atoms. The Balaban J connectivity index is 3.51. The third-order valence-corrected chi connectivity index (χ3v) is 3.91. The van der Waals surface area contributed by atoms with Crippen molar-refractivity contribution in [3.63, 3.8) is 0 Å². The van der Waals surface area contributed by atoms with E-state index < -0.39 is 0 Å². The van der Waals surface area contributed by atoms with Crippen LogP contribution in [0.1, 0.15) is 13.3 Å². The highest BCUT2D eigenvalue weighted by Crippen LogP contribution is 2.18. The first-order chi connectivity index (χ1) is 5.07. The zero-order chi connectivity index (χ0) is 8.85. The summed E-state index contributed by atoms with van der Waals surface area (Å²) in [5.41, 5.74) is 0.787. The Hall–Kier alpha value is -0.0831. The van der Waals surface area contributed by atoms with Crippen molar-refractivity contribution in [3.8, 4) is 0 Å². The Morgan fingerprint density at radius 2 is 2.09 bits per heavy atom. The van der Waals surface area contributed by atoms with Gasteiger partial charge in [0.1, 0.15) is 0 Å². The molecule has 0 saturated carbocycles. The van der Waals surface area contributed by atoms with Gasteiger partial charge in [-0.25, -0.2) is 0 Å². The van der Waals surface area contributed by atoms with Crippen LogP contribution in [0.3, 0.4) is 0 Å². The fourth-order valence-corrected chi connectivity index (χ4v) is 1.29. The van der Waals surface area contributed by atoms with Crippen LogP contribution in [0.25, 0.3) is 0 Å². The molecule has 2 unspecified atom stereocenters. The standard InChI is InChI=1S/C9H21NSi/c1-5-9(11)8(2)6-7-10(3)4/h5,8-9H,1,6-7H2,2-4,11H3. The van der Waals surface area contributed by atoms with Crippen LogP contribution in [-0.2, 0) is 0 Å². The molecule has 0 saturated heterocycles. The highest BCUT2D eigenvalue weighted by molar-refractivity contribution is 6.13. The Labute approximate surface area is 73.9 Å². The lowest BCUT2D eigenvalue weighted by atomic mass is 10.0. The predicted octanol–water partition coefficient (Wildman–Crippen LogP) is 0.914. The zero-order valence-corrected chi connectivity index (χ0v) is 10.3. The lowest BCUT2D eigenvalue weighted by molar-refractivity contribution is 0.361. The maximum atomic E-state index is 3.83. The maximum Gasteiger partial charge on any atom is 0.0118 e. The van der Waals surface area contributed by atoms with Crippen LogP contribution in [-0.4, -0.2) is 35.8 Å². The Morgan fingerprint density at radius 3 is 2.45 bits per heavy atom. The fraction of sp³-hybridized carbons (Fsp3) is 0.778. The lowest BCUT2D eigenvalue weighted by Crippen LogP contribution is -2.17.